The molecule has 1 heterocycles. The van der Waals surface area contributed by atoms with Crippen LogP contribution < -0.4 is 10.2 Å². The molecule has 1 saturated carbocycles. The van der Waals surface area contributed by atoms with Crippen molar-refractivity contribution in [2.75, 3.05) is 49.5 Å². The van der Waals surface area contributed by atoms with Crippen molar-refractivity contribution in [1.82, 2.24) is 9.80 Å². The van der Waals surface area contributed by atoms with Gasteiger partial charge in [0, 0.05) is 56.6 Å². The van der Waals surface area contributed by atoms with E-state index in [1.807, 2.05) is 26.0 Å². The maximum Gasteiger partial charge on any atom is 0.256 e. The molecule has 0 aromatic heterocycles. The Kier molecular flexibility index (Phi) is 7.14. The van der Waals surface area contributed by atoms with Crippen LogP contribution in [0, 0.1) is 11.7 Å². The van der Waals surface area contributed by atoms with E-state index < -0.39 is 5.82 Å². The number of nitrogens with zero attached hydrogens (tertiary/aromatic N) is 3. The van der Waals surface area contributed by atoms with Crippen molar-refractivity contribution in [1.29, 1.82) is 0 Å². The predicted octanol–water partition coefficient (Wildman–Crippen LogP) is 3.62. The summed E-state index contributed by atoms with van der Waals surface area (Å²) >= 11 is 0. The largest absolute Gasteiger partial charge is 0.367 e. The zero-order chi connectivity index (χ0) is 24.2. The van der Waals surface area contributed by atoms with E-state index in [0.717, 1.165) is 18.5 Å². The number of benzene rings is 2. The van der Waals surface area contributed by atoms with Gasteiger partial charge in [-0.15, -0.1) is 0 Å². The Bertz CT molecular complexity index is 1070. The van der Waals surface area contributed by atoms with Gasteiger partial charge in [-0.2, -0.15) is 0 Å². The van der Waals surface area contributed by atoms with Gasteiger partial charge >= 0.3 is 0 Å². The summed E-state index contributed by atoms with van der Waals surface area (Å²) in [5.41, 5.74) is 2.00. The molecule has 7 nitrogen and oxygen atoms in total. The van der Waals surface area contributed by atoms with Gasteiger partial charge in [-0.25, -0.2) is 4.39 Å². The van der Waals surface area contributed by atoms with Crippen LogP contribution in [-0.4, -0.2) is 66.8 Å². The number of halogens is 1. The van der Waals surface area contributed by atoms with Crippen LogP contribution in [0.4, 0.5) is 15.8 Å². The minimum Gasteiger partial charge on any atom is -0.367 e. The molecule has 3 amide bonds. The summed E-state index contributed by atoms with van der Waals surface area (Å²) in [6.45, 7) is 6.92. The topological polar surface area (TPSA) is 73.0 Å². The minimum absolute atomic E-state index is 0.00532. The van der Waals surface area contributed by atoms with Crippen molar-refractivity contribution in [3.05, 3.63) is 59.4 Å². The zero-order valence-corrected chi connectivity index (χ0v) is 19.7. The molecule has 1 saturated heterocycles. The van der Waals surface area contributed by atoms with E-state index in [2.05, 4.69) is 10.2 Å². The zero-order valence-electron chi connectivity index (χ0n) is 19.7. The molecule has 2 fully saturated rings. The van der Waals surface area contributed by atoms with Gasteiger partial charge in [0.25, 0.3) is 11.8 Å². The van der Waals surface area contributed by atoms with Gasteiger partial charge in [0.1, 0.15) is 5.82 Å². The summed E-state index contributed by atoms with van der Waals surface area (Å²) < 4.78 is 14.1. The van der Waals surface area contributed by atoms with Crippen LogP contribution in [0.2, 0.25) is 0 Å². The molecular weight excluding hydrogens is 435 g/mol. The van der Waals surface area contributed by atoms with Gasteiger partial charge in [-0.3, -0.25) is 14.4 Å². The summed E-state index contributed by atoms with van der Waals surface area (Å²) in [6.07, 6.45) is 1.82. The molecular formula is C26H31FN4O3. The van der Waals surface area contributed by atoms with Gasteiger partial charge < -0.3 is 20.0 Å². The molecule has 0 unspecified atom stereocenters. The molecule has 2 aliphatic rings. The van der Waals surface area contributed by atoms with Gasteiger partial charge in [0.05, 0.1) is 11.1 Å². The number of rotatable bonds is 7. The van der Waals surface area contributed by atoms with Crippen molar-refractivity contribution in [2.45, 2.75) is 26.7 Å². The van der Waals surface area contributed by atoms with E-state index in [9.17, 15) is 18.8 Å². The van der Waals surface area contributed by atoms with Crippen LogP contribution in [-0.2, 0) is 4.79 Å². The SMILES string of the molecule is CCN(CC)C(=O)c1cc(NC(=O)C2CC2)ccc1N1CCN(C(=O)c2ccccc2F)CC1. The maximum atomic E-state index is 14.1. The minimum atomic E-state index is -0.522. The monoisotopic (exact) mass is 466 g/mol. The fourth-order valence-corrected chi connectivity index (χ4v) is 4.29. The second kappa shape index (κ2) is 10.2. The van der Waals surface area contributed by atoms with Crippen LogP contribution >= 0.6 is 0 Å². The number of carbonyl (C=O) groups excluding carboxylic acids is 3. The molecule has 8 heteroatoms. The van der Waals surface area contributed by atoms with E-state index in [-0.39, 0.29) is 29.2 Å². The van der Waals surface area contributed by atoms with Crippen molar-refractivity contribution in [3.63, 3.8) is 0 Å². The maximum absolute atomic E-state index is 14.1. The molecule has 2 aromatic rings. The molecule has 1 N–H and O–H groups in total. The number of hydrogen-bond donors (Lipinski definition) is 1. The first kappa shape index (κ1) is 23.7. The Hall–Kier alpha value is -3.42. The lowest BCUT2D eigenvalue weighted by molar-refractivity contribution is -0.117. The first-order chi connectivity index (χ1) is 16.4. The summed E-state index contributed by atoms with van der Waals surface area (Å²) in [5.74, 6) is -0.871. The average molecular weight is 467 g/mol. The molecule has 34 heavy (non-hydrogen) atoms. The molecule has 2 aromatic carbocycles. The third kappa shape index (κ3) is 5.05. The van der Waals surface area contributed by atoms with E-state index in [4.69, 9.17) is 0 Å². The van der Waals surface area contributed by atoms with E-state index in [1.165, 1.54) is 12.1 Å². The number of hydrogen-bond acceptors (Lipinski definition) is 4. The van der Waals surface area contributed by atoms with Gasteiger partial charge in [0.15, 0.2) is 0 Å². The van der Waals surface area contributed by atoms with E-state index in [0.29, 0.717) is 50.5 Å². The quantitative estimate of drug-likeness (QED) is 0.677. The number of anilines is 2. The van der Waals surface area contributed by atoms with E-state index in [1.54, 1.807) is 28.0 Å². The summed E-state index contributed by atoms with van der Waals surface area (Å²) in [6, 6.07) is 11.5. The molecule has 4 rings (SSSR count). The molecule has 1 aliphatic heterocycles. The first-order valence-electron chi connectivity index (χ1n) is 12.0. The Morgan fingerprint density at radius 2 is 1.65 bits per heavy atom. The summed E-state index contributed by atoms with van der Waals surface area (Å²) in [5, 5.41) is 2.93. The summed E-state index contributed by atoms with van der Waals surface area (Å²) in [4.78, 5) is 43.8. The molecule has 0 bridgehead atoms. The number of piperazine rings is 1. The predicted molar refractivity (Wildman–Crippen MR) is 130 cm³/mol. The van der Waals surface area contributed by atoms with Crippen LogP contribution in [0.25, 0.3) is 0 Å². The van der Waals surface area contributed by atoms with Gasteiger partial charge in [-0.05, 0) is 57.0 Å². The average Bonchev–Trinajstić information content (AvgIpc) is 3.70. The van der Waals surface area contributed by atoms with Crippen molar-refractivity contribution >= 4 is 29.1 Å². The van der Waals surface area contributed by atoms with Crippen LogP contribution in [0.5, 0.6) is 0 Å². The molecule has 0 radical (unpaired) electrons. The Balaban J connectivity index is 1.53. The molecule has 1 aliphatic carbocycles. The molecule has 180 valence electrons. The number of carbonyl (C=O) groups is 3. The van der Waals surface area contributed by atoms with Crippen molar-refractivity contribution in [2.24, 2.45) is 5.92 Å². The summed E-state index contributed by atoms with van der Waals surface area (Å²) in [7, 11) is 0. The smallest absolute Gasteiger partial charge is 0.256 e. The van der Waals surface area contributed by atoms with Crippen molar-refractivity contribution < 1.29 is 18.8 Å². The third-order valence-corrected chi connectivity index (χ3v) is 6.51. The van der Waals surface area contributed by atoms with Crippen LogP contribution in [0.1, 0.15) is 47.4 Å². The van der Waals surface area contributed by atoms with Gasteiger partial charge in [0.2, 0.25) is 5.91 Å². The lowest BCUT2D eigenvalue weighted by Gasteiger charge is -2.37. The standard InChI is InChI=1S/C26H31FN4O3/c1-3-29(4-2)26(34)21-17-19(28-24(32)18-9-10-18)11-12-23(21)30-13-15-31(16-14-30)25(33)20-7-5-6-8-22(20)27/h5-8,11-12,17-18H,3-4,9-10,13-16H2,1-2H3,(H,28,32). The normalized spacial score (nSPS) is 15.7. The first-order valence-corrected chi connectivity index (χ1v) is 12.0. The fraction of sp³-hybridized carbons (Fsp3) is 0.423. The highest BCUT2D eigenvalue weighted by Crippen LogP contribution is 2.32. The molecule has 0 atom stereocenters. The Morgan fingerprint density at radius 1 is 0.971 bits per heavy atom. The number of nitrogens with one attached hydrogen (secondary N) is 1. The van der Waals surface area contributed by atoms with Crippen molar-refractivity contribution in [3.8, 4) is 0 Å². The highest BCUT2D eigenvalue weighted by Gasteiger charge is 2.31. The second-order valence-electron chi connectivity index (χ2n) is 8.73. The highest BCUT2D eigenvalue weighted by molar-refractivity contribution is 6.02. The van der Waals surface area contributed by atoms with Crippen LogP contribution in [0.3, 0.4) is 0 Å². The van der Waals surface area contributed by atoms with Gasteiger partial charge in [-0.1, -0.05) is 12.1 Å². The second-order valence-corrected chi connectivity index (χ2v) is 8.73. The Labute approximate surface area is 199 Å². The Morgan fingerprint density at radius 3 is 2.26 bits per heavy atom. The molecule has 0 spiro atoms. The highest BCUT2D eigenvalue weighted by atomic mass is 19.1. The lowest BCUT2D eigenvalue weighted by atomic mass is 10.1. The lowest BCUT2D eigenvalue weighted by Crippen LogP contribution is -2.49. The third-order valence-electron chi connectivity index (χ3n) is 6.51. The fourth-order valence-electron chi connectivity index (χ4n) is 4.29. The number of amides is 3. The van der Waals surface area contributed by atoms with Crippen LogP contribution in [0.15, 0.2) is 42.5 Å². The van der Waals surface area contributed by atoms with E-state index >= 15 is 0 Å².